The largest absolute Gasteiger partial charge is 4.00 e. The number of hydrogen-bond acceptors (Lipinski definition) is 0. The van der Waals surface area contributed by atoms with Crippen LogP contribution in [0, 0.1) is 87.1 Å². The van der Waals surface area contributed by atoms with Gasteiger partial charge in [0.1, 0.15) is 0 Å². The van der Waals surface area contributed by atoms with E-state index >= 15 is 0 Å². The van der Waals surface area contributed by atoms with E-state index in [0.717, 1.165) is 51.4 Å². The molecule has 0 aromatic heterocycles. The molecule has 0 aromatic carbocycles. The predicted octanol–water partition coefficient (Wildman–Crippen LogP) is 16.5. The Labute approximate surface area is 341 Å². The van der Waals surface area contributed by atoms with E-state index in [4.69, 9.17) is 0 Å². The number of rotatable bonds is 9. The summed E-state index contributed by atoms with van der Waals surface area (Å²) in [6.07, 6.45) is 8.56. The van der Waals surface area contributed by atoms with Crippen molar-refractivity contribution < 1.29 is 63.2 Å². The second-order valence-electron chi connectivity index (χ2n) is 8.24. The van der Waals surface area contributed by atoms with Gasteiger partial charge in [0.25, 0.3) is 0 Å². The van der Waals surface area contributed by atoms with Gasteiger partial charge in [-0.3, -0.25) is 0 Å². The van der Waals surface area contributed by atoms with Crippen molar-refractivity contribution in [3.8, 4) is 0 Å². The van der Waals surface area contributed by atoms with Crippen LogP contribution in [0.3, 0.4) is 0 Å². The molecule has 288 valence electrons. The minimum Gasteiger partial charge on any atom is -0.358 e. The van der Waals surface area contributed by atoms with Crippen molar-refractivity contribution in [3.63, 3.8) is 0 Å². The van der Waals surface area contributed by atoms with Gasteiger partial charge in [-0.1, -0.05) is 47.3 Å². The van der Waals surface area contributed by atoms with Crippen molar-refractivity contribution in [1.29, 1.82) is 0 Å². The summed E-state index contributed by atoms with van der Waals surface area (Å²) in [6, 6.07) is 0. The Morgan fingerprint density at radius 3 is 0.400 bits per heavy atom. The van der Waals surface area contributed by atoms with Crippen LogP contribution in [0.25, 0.3) is 0 Å². The molecule has 0 fully saturated rings. The standard InChI is InChI=1S/3C8H14.2C3H7.2C2H5.8CH3.3Pt/c3*1-7(2)5-6-8(3)4;2*1-3-2;2*1-2;;;;;;;;;;;/h3*1,3,5-6H2,2,4H3;2*1,3H2,2H3;2*1H2,2H3;8*1H3;;;/q;;;12*-1;3*+4. The van der Waals surface area contributed by atoms with Crippen LogP contribution in [-0.2, 0) is 63.2 Å². The molecule has 0 spiro atoms. The van der Waals surface area contributed by atoms with E-state index in [9.17, 15) is 0 Å². The molecular formula is C42H90Pt3. The third kappa shape index (κ3) is 334. The molecule has 3 heteroatoms. The van der Waals surface area contributed by atoms with Crippen molar-refractivity contribution in [2.24, 2.45) is 0 Å². The second-order valence-corrected chi connectivity index (χ2v) is 8.24. The van der Waals surface area contributed by atoms with Crippen molar-refractivity contribution in [3.05, 3.63) is 160 Å². The fraction of sp³-hybridized carbons (Fsp3) is 0.429. The topological polar surface area (TPSA) is 0 Å². The minimum absolute atomic E-state index is 0. The maximum absolute atomic E-state index is 3.79. The maximum Gasteiger partial charge on any atom is 4.00 e. The van der Waals surface area contributed by atoms with Gasteiger partial charge < -0.3 is 87.1 Å². The molecule has 0 aromatic rings. The molecule has 0 heterocycles. The first-order chi connectivity index (χ1) is 15.7. The Kier molecular flexibility index (Phi) is 317. The monoisotopic (exact) mass is 1180 g/mol. The Bertz CT molecular complexity index is 362. The summed E-state index contributed by atoms with van der Waals surface area (Å²) in [5.74, 6) is 0. The normalized spacial score (nSPS) is 5.73. The summed E-state index contributed by atoms with van der Waals surface area (Å²) in [7, 11) is 0. The maximum atomic E-state index is 3.79. The molecule has 0 aliphatic carbocycles. The van der Waals surface area contributed by atoms with Crippen LogP contribution in [0.4, 0.5) is 0 Å². The van der Waals surface area contributed by atoms with Crippen LogP contribution < -0.4 is 0 Å². The summed E-state index contributed by atoms with van der Waals surface area (Å²) in [6.45, 7) is 56.0. The van der Waals surface area contributed by atoms with Crippen LogP contribution in [0.2, 0.25) is 0 Å². The summed E-state index contributed by atoms with van der Waals surface area (Å²) >= 11 is 0. The average Bonchev–Trinajstić information content (AvgIpc) is 2.74. The number of allylic oxidation sites excluding steroid dienone is 6. The van der Waals surface area contributed by atoms with Gasteiger partial charge in [-0.25, -0.2) is 0 Å². The molecule has 0 bridgehead atoms. The second kappa shape index (κ2) is 120. The molecule has 0 saturated heterocycles. The molecular weight excluding hydrogens is 1090 g/mol. The third-order valence-electron chi connectivity index (χ3n) is 2.94. The SMILES string of the molecule is C=C(C)CCC(=C)C.C=C(C)CCC(=C)C.C=C(C)CCC(=C)C.[CH2-]C.[CH2-]C.[CH2-]CC.[CH2-]CC.[CH3-].[CH3-].[CH3-].[CH3-].[CH3-].[CH3-].[CH3-].[CH3-].[Pt+4].[Pt+4].[Pt+4]. The summed E-state index contributed by atoms with van der Waals surface area (Å²) in [4.78, 5) is 0. The zero-order chi connectivity index (χ0) is 29.1. The first-order valence-corrected chi connectivity index (χ1v) is 12.6. The minimum atomic E-state index is 0. The van der Waals surface area contributed by atoms with Gasteiger partial charge in [-0.2, -0.15) is 26.7 Å². The van der Waals surface area contributed by atoms with Crippen molar-refractivity contribution in [2.45, 2.75) is 121 Å². The third-order valence-corrected chi connectivity index (χ3v) is 2.94. The first kappa shape index (κ1) is 119. The quantitative estimate of drug-likeness (QED) is 0.159. The Balaban J connectivity index is -0.0000000120. The summed E-state index contributed by atoms with van der Waals surface area (Å²) in [5.41, 5.74) is 7.46. The van der Waals surface area contributed by atoms with Gasteiger partial charge in [0.2, 0.25) is 0 Å². The van der Waals surface area contributed by atoms with E-state index in [2.05, 4.69) is 67.2 Å². The molecule has 0 aliphatic heterocycles. The molecule has 0 aliphatic rings. The van der Waals surface area contributed by atoms with Crippen LogP contribution >= 0.6 is 0 Å². The number of hydrogen-bond donors (Lipinski definition) is 0. The van der Waals surface area contributed by atoms with Crippen LogP contribution in [0.1, 0.15) is 121 Å². The molecule has 0 amide bonds. The van der Waals surface area contributed by atoms with E-state index in [0.29, 0.717) is 0 Å². The Hall–Kier alpha value is 0.505. The first-order valence-electron chi connectivity index (χ1n) is 12.6. The zero-order valence-electron chi connectivity index (χ0n) is 34.7. The van der Waals surface area contributed by atoms with Crippen molar-refractivity contribution in [1.82, 2.24) is 0 Å². The van der Waals surface area contributed by atoms with Gasteiger partial charge in [0.05, 0.1) is 0 Å². The molecule has 0 N–H and O–H groups in total. The van der Waals surface area contributed by atoms with E-state index < -0.39 is 0 Å². The van der Waals surface area contributed by atoms with Crippen LogP contribution in [-0.4, -0.2) is 0 Å². The Morgan fingerprint density at radius 2 is 0.378 bits per heavy atom. The van der Waals surface area contributed by atoms with E-state index in [-0.39, 0.29) is 123 Å². The van der Waals surface area contributed by atoms with E-state index in [1.165, 1.54) is 33.4 Å². The molecule has 0 rings (SSSR count). The fourth-order valence-corrected chi connectivity index (χ4v) is 1.28. The average molecular weight is 1180 g/mol. The van der Waals surface area contributed by atoms with Crippen molar-refractivity contribution in [2.75, 3.05) is 0 Å². The molecule has 45 heavy (non-hydrogen) atoms. The van der Waals surface area contributed by atoms with Crippen molar-refractivity contribution >= 4 is 0 Å². The summed E-state index contributed by atoms with van der Waals surface area (Å²) in [5, 5.41) is 0. The molecule has 0 radical (unpaired) electrons. The zero-order valence-corrected chi connectivity index (χ0v) is 41.5. The predicted molar refractivity (Wildman–Crippen MR) is 221 cm³/mol. The van der Waals surface area contributed by atoms with Gasteiger partial charge in [-0.15, -0.1) is 39.5 Å². The molecule has 0 atom stereocenters. The van der Waals surface area contributed by atoms with Crippen LogP contribution in [0.5, 0.6) is 0 Å². The van der Waals surface area contributed by atoms with Crippen LogP contribution in [0.15, 0.2) is 72.9 Å². The van der Waals surface area contributed by atoms with Gasteiger partial charge in [0, 0.05) is 0 Å². The smallest absolute Gasteiger partial charge is 0.358 e. The Morgan fingerprint density at radius 1 is 0.333 bits per heavy atom. The van der Waals surface area contributed by atoms with Gasteiger partial charge >= 0.3 is 63.2 Å². The van der Waals surface area contributed by atoms with E-state index in [1.54, 1.807) is 13.8 Å². The fourth-order valence-electron chi connectivity index (χ4n) is 1.28. The van der Waals surface area contributed by atoms with Gasteiger partial charge in [-0.05, 0) is 80.1 Å². The summed E-state index contributed by atoms with van der Waals surface area (Å²) < 4.78 is 0. The van der Waals surface area contributed by atoms with Gasteiger partial charge in [0.15, 0.2) is 0 Å². The molecule has 0 unspecified atom stereocenters. The molecule has 0 saturated carbocycles. The molecule has 0 nitrogen and oxygen atoms in total. The van der Waals surface area contributed by atoms with E-state index in [1.807, 2.05) is 55.4 Å².